The van der Waals surface area contributed by atoms with Crippen molar-refractivity contribution in [1.82, 2.24) is 0 Å². The third-order valence-electron chi connectivity index (χ3n) is 3.09. The van der Waals surface area contributed by atoms with E-state index in [1.54, 1.807) is 0 Å². The summed E-state index contributed by atoms with van der Waals surface area (Å²) < 4.78 is 5.36. The maximum atomic E-state index is 5.36. The number of ether oxygens (including phenoxy) is 1. The smallest absolute Gasteiger partial charge is 0.0642 e. The molecule has 1 aromatic rings. The fraction of sp³-hybridized carbons (Fsp3) is 0.600. The molecule has 1 fully saturated rings. The van der Waals surface area contributed by atoms with E-state index < -0.39 is 0 Å². The first-order valence-electron chi connectivity index (χ1n) is 6.73. The molecule has 0 aromatic heterocycles. The van der Waals surface area contributed by atoms with Gasteiger partial charge in [-0.3, -0.25) is 0 Å². The summed E-state index contributed by atoms with van der Waals surface area (Å²) in [5.41, 5.74) is 4.20. The van der Waals surface area contributed by atoms with Gasteiger partial charge in [-0.1, -0.05) is 26.8 Å². The minimum Gasteiger partial charge on any atom is -0.378 e. The Morgan fingerprint density at radius 1 is 1.18 bits per heavy atom. The van der Waals surface area contributed by atoms with Gasteiger partial charge in [0, 0.05) is 18.8 Å². The Hall–Kier alpha value is -1.02. The number of benzene rings is 1. The highest BCUT2D eigenvalue weighted by molar-refractivity contribution is 5.51. The molecule has 1 saturated heterocycles. The van der Waals surface area contributed by atoms with Gasteiger partial charge in [-0.15, -0.1) is 0 Å². The maximum absolute atomic E-state index is 5.36. The van der Waals surface area contributed by atoms with Gasteiger partial charge in [0.1, 0.15) is 0 Å². The second-order valence-corrected chi connectivity index (χ2v) is 4.06. The minimum atomic E-state index is 0.856. The van der Waals surface area contributed by atoms with Crippen LogP contribution in [0.3, 0.4) is 0 Å². The molecular weight excluding hydrogens is 210 g/mol. The quantitative estimate of drug-likeness (QED) is 0.779. The zero-order valence-corrected chi connectivity index (χ0v) is 11.6. The second kappa shape index (κ2) is 7.33. The van der Waals surface area contributed by atoms with Crippen molar-refractivity contribution in [1.29, 1.82) is 0 Å². The number of anilines is 1. The Balaban J connectivity index is 0.000000686. The van der Waals surface area contributed by atoms with Crippen molar-refractivity contribution in [2.75, 3.05) is 31.2 Å². The topological polar surface area (TPSA) is 12.5 Å². The number of nitrogens with zero attached hydrogens (tertiary/aromatic N) is 1. The van der Waals surface area contributed by atoms with Crippen LogP contribution in [0, 0.1) is 6.92 Å². The van der Waals surface area contributed by atoms with Crippen LogP contribution in [0.5, 0.6) is 0 Å². The van der Waals surface area contributed by atoms with Crippen LogP contribution in [0.25, 0.3) is 0 Å². The lowest BCUT2D eigenvalue weighted by Gasteiger charge is -2.29. The van der Waals surface area contributed by atoms with Gasteiger partial charge in [-0.25, -0.2) is 0 Å². The summed E-state index contributed by atoms with van der Waals surface area (Å²) in [4.78, 5) is 2.40. The Labute approximate surface area is 106 Å². The summed E-state index contributed by atoms with van der Waals surface area (Å²) in [6.45, 7) is 12.1. The highest BCUT2D eigenvalue weighted by Gasteiger charge is 2.11. The molecule has 1 aliphatic rings. The van der Waals surface area contributed by atoms with Crippen molar-refractivity contribution < 1.29 is 4.74 Å². The molecule has 17 heavy (non-hydrogen) atoms. The number of hydrogen-bond acceptors (Lipinski definition) is 2. The van der Waals surface area contributed by atoms with Gasteiger partial charge in [-0.05, 0) is 36.6 Å². The highest BCUT2D eigenvalue weighted by Crippen LogP contribution is 2.20. The van der Waals surface area contributed by atoms with Crippen molar-refractivity contribution in [2.45, 2.75) is 34.1 Å². The van der Waals surface area contributed by atoms with Crippen molar-refractivity contribution in [3.8, 4) is 0 Å². The Morgan fingerprint density at radius 3 is 2.41 bits per heavy atom. The van der Waals surface area contributed by atoms with Crippen LogP contribution >= 0.6 is 0 Å². The van der Waals surface area contributed by atoms with Crippen molar-refractivity contribution in [3.63, 3.8) is 0 Å². The monoisotopic (exact) mass is 235 g/mol. The zero-order chi connectivity index (χ0) is 12.7. The molecule has 96 valence electrons. The molecule has 0 atom stereocenters. The number of aryl methyl sites for hydroxylation is 2. The summed E-state index contributed by atoms with van der Waals surface area (Å²) >= 11 is 0. The van der Waals surface area contributed by atoms with Gasteiger partial charge >= 0.3 is 0 Å². The van der Waals surface area contributed by atoms with E-state index in [0.29, 0.717) is 0 Å². The molecular formula is C15H25NO. The van der Waals surface area contributed by atoms with E-state index in [0.717, 1.165) is 32.7 Å². The van der Waals surface area contributed by atoms with Crippen molar-refractivity contribution in [3.05, 3.63) is 29.3 Å². The zero-order valence-electron chi connectivity index (χ0n) is 11.6. The van der Waals surface area contributed by atoms with Gasteiger partial charge < -0.3 is 9.64 Å². The summed E-state index contributed by atoms with van der Waals surface area (Å²) in [5, 5.41) is 0. The van der Waals surface area contributed by atoms with Gasteiger partial charge in [0.15, 0.2) is 0 Å². The molecule has 1 aromatic carbocycles. The van der Waals surface area contributed by atoms with Gasteiger partial charge in [0.25, 0.3) is 0 Å². The predicted octanol–water partition coefficient (Wildman–Crippen LogP) is 3.42. The average molecular weight is 235 g/mol. The van der Waals surface area contributed by atoms with Crippen LogP contribution in [0.15, 0.2) is 18.2 Å². The lowest BCUT2D eigenvalue weighted by molar-refractivity contribution is 0.122. The Morgan fingerprint density at radius 2 is 1.82 bits per heavy atom. The fourth-order valence-electron chi connectivity index (χ4n) is 2.06. The first-order chi connectivity index (χ1) is 8.31. The molecule has 0 spiro atoms. The second-order valence-electron chi connectivity index (χ2n) is 4.06. The van der Waals surface area contributed by atoms with Gasteiger partial charge in [-0.2, -0.15) is 0 Å². The third-order valence-corrected chi connectivity index (χ3v) is 3.09. The lowest BCUT2D eigenvalue weighted by atomic mass is 10.1. The van der Waals surface area contributed by atoms with Crippen LogP contribution in [-0.4, -0.2) is 26.3 Å². The molecule has 0 radical (unpaired) electrons. The summed E-state index contributed by atoms with van der Waals surface area (Å²) in [6, 6.07) is 6.77. The number of rotatable bonds is 2. The molecule has 1 aliphatic heterocycles. The van der Waals surface area contributed by atoms with Crippen LogP contribution < -0.4 is 4.90 Å². The molecule has 0 bridgehead atoms. The summed E-state index contributed by atoms with van der Waals surface area (Å²) in [6.07, 6.45) is 1.12. The number of hydrogen-bond donors (Lipinski definition) is 0. The Kier molecular flexibility index (Phi) is 6.06. The van der Waals surface area contributed by atoms with E-state index >= 15 is 0 Å². The third kappa shape index (κ3) is 3.74. The summed E-state index contributed by atoms with van der Waals surface area (Å²) in [5.74, 6) is 0. The van der Waals surface area contributed by atoms with E-state index in [-0.39, 0.29) is 0 Å². The van der Waals surface area contributed by atoms with Crippen LogP contribution in [0.1, 0.15) is 31.9 Å². The van der Waals surface area contributed by atoms with E-state index in [9.17, 15) is 0 Å². The normalized spacial score (nSPS) is 15.2. The first kappa shape index (κ1) is 14.0. The van der Waals surface area contributed by atoms with Gasteiger partial charge in [0.2, 0.25) is 0 Å². The molecule has 0 saturated carbocycles. The number of morpholine rings is 1. The first-order valence-corrected chi connectivity index (χ1v) is 6.73. The summed E-state index contributed by atoms with van der Waals surface area (Å²) in [7, 11) is 0. The van der Waals surface area contributed by atoms with E-state index in [2.05, 4.69) is 36.9 Å². The highest BCUT2D eigenvalue weighted by atomic mass is 16.5. The molecule has 0 aliphatic carbocycles. The van der Waals surface area contributed by atoms with E-state index in [4.69, 9.17) is 4.74 Å². The molecule has 0 unspecified atom stereocenters. The van der Waals surface area contributed by atoms with E-state index in [1.807, 2.05) is 13.8 Å². The molecule has 2 rings (SSSR count). The molecule has 1 heterocycles. The molecule has 2 heteroatoms. The molecule has 0 amide bonds. The standard InChI is InChI=1S/C13H19NO.C2H6/c1-3-12-10-13(5-4-11(12)2)14-6-8-15-9-7-14;1-2/h4-5,10H,3,6-9H2,1-2H3;1-2H3. The fourth-order valence-corrected chi connectivity index (χ4v) is 2.06. The Bertz CT molecular complexity index is 330. The van der Waals surface area contributed by atoms with Crippen molar-refractivity contribution >= 4 is 5.69 Å². The SMILES string of the molecule is CC.CCc1cc(N2CCOCC2)ccc1C. The van der Waals surface area contributed by atoms with Gasteiger partial charge in [0.05, 0.1) is 13.2 Å². The molecule has 2 nitrogen and oxygen atoms in total. The van der Waals surface area contributed by atoms with Crippen LogP contribution in [0.4, 0.5) is 5.69 Å². The van der Waals surface area contributed by atoms with Crippen LogP contribution in [-0.2, 0) is 11.2 Å². The van der Waals surface area contributed by atoms with Crippen LogP contribution in [0.2, 0.25) is 0 Å². The lowest BCUT2D eigenvalue weighted by Crippen LogP contribution is -2.36. The minimum absolute atomic E-state index is 0.856. The molecule has 0 N–H and O–H groups in total. The maximum Gasteiger partial charge on any atom is 0.0642 e. The van der Waals surface area contributed by atoms with Crippen molar-refractivity contribution in [2.24, 2.45) is 0 Å². The predicted molar refractivity (Wildman–Crippen MR) is 74.9 cm³/mol. The van der Waals surface area contributed by atoms with E-state index in [1.165, 1.54) is 16.8 Å². The average Bonchev–Trinajstić information content (AvgIpc) is 2.42. The largest absolute Gasteiger partial charge is 0.378 e.